The quantitative estimate of drug-likeness (QED) is 0.716. The van der Waals surface area contributed by atoms with Crippen LogP contribution >= 0.6 is 0 Å². The average Bonchev–Trinajstić information content (AvgIpc) is 3.13. The molecule has 0 fully saturated rings. The van der Waals surface area contributed by atoms with Gasteiger partial charge in [-0.3, -0.25) is 4.98 Å². The summed E-state index contributed by atoms with van der Waals surface area (Å²) >= 11 is 0. The number of aromatic nitrogens is 3. The van der Waals surface area contributed by atoms with Crippen LogP contribution in [0.1, 0.15) is 11.5 Å². The van der Waals surface area contributed by atoms with Gasteiger partial charge >= 0.3 is 0 Å². The zero-order chi connectivity index (χ0) is 17.5. The number of rotatable bonds is 5. The van der Waals surface area contributed by atoms with Crippen LogP contribution in [0.4, 0.5) is 5.69 Å². The molecule has 0 atom stereocenters. The number of anilines is 1. The minimum absolute atomic E-state index is 0.00791. The molecule has 3 rings (SSSR count). The first-order valence-corrected chi connectivity index (χ1v) is 7.38. The molecule has 0 aliphatic carbocycles. The Hall–Kier alpha value is -3.97. The number of allylic oxidation sites excluding steroid dienone is 1. The van der Waals surface area contributed by atoms with Crippen molar-refractivity contribution >= 4 is 5.69 Å². The highest BCUT2D eigenvalue weighted by Crippen LogP contribution is 2.20. The number of hydrogen-bond donors (Lipinski definition) is 1. The Morgan fingerprint density at radius 1 is 1.16 bits per heavy atom. The summed E-state index contributed by atoms with van der Waals surface area (Å²) in [6.45, 7) is 0. The van der Waals surface area contributed by atoms with Gasteiger partial charge in [-0.15, -0.1) is 0 Å². The van der Waals surface area contributed by atoms with Crippen molar-refractivity contribution in [3.8, 4) is 23.5 Å². The lowest BCUT2D eigenvalue weighted by atomic mass is 10.1. The van der Waals surface area contributed by atoms with E-state index in [4.69, 9.17) is 15.0 Å². The molecule has 2 aromatic heterocycles. The summed E-state index contributed by atoms with van der Waals surface area (Å²) in [4.78, 5) is 8.41. The number of para-hydroxylation sites is 1. The van der Waals surface area contributed by atoms with E-state index in [0.29, 0.717) is 18.1 Å². The van der Waals surface area contributed by atoms with Gasteiger partial charge in [0.25, 0.3) is 0 Å². The van der Waals surface area contributed by atoms with Gasteiger partial charge in [-0.05, 0) is 23.8 Å². The van der Waals surface area contributed by atoms with Gasteiger partial charge in [-0.1, -0.05) is 23.4 Å². The normalized spacial score (nSPS) is 9.68. The summed E-state index contributed by atoms with van der Waals surface area (Å²) in [7, 11) is 0. The first kappa shape index (κ1) is 15.9. The molecule has 120 valence electrons. The van der Waals surface area contributed by atoms with E-state index < -0.39 is 0 Å². The topological polar surface area (TPSA) is 111 Å². The number of hydrogen-bond acceptors (Lipinski definition) is 7. The standard InChI is InChI=1S/C18H12N6O/c19-9-13(10-20)11-22-16-6-2-1-4-14(16)8-17-23-18(24-25-17)15-5-3-7-21-12-15/h1-7,11-12,22H,8H2. The van der Waals surface area contributed by atoms with Gasteiger partial charge in [-0.25, -0.2) is 0 Å². The number of nitrogens with one attached hydrogen (secondary N) is 1. The summed E-state index contributed by atoms with van der Waals surface area (Å²) in [5, 5.41) is 24.5. The molecule has 1 N–H and O–H groups in total. The van der Waals surface area contributed by atoms with Crippen LogP contribution in [0.15, 0.2) is 65.1 Å². The molecule has 0 amide bonds. The number of nitrogens with zero attached hydrogens (tertiary/aromatic N) is 5. The zero-order valence-corrected chi connectivity index (χ0v) is 13.0. The fourth-order valence-corrected chi connectivity index (χ4v) is 2.16. The average molecular weight is 328 g/mol. The Morgan fingerprint density at radius 3 is 2.76 bits per heavy atom. The smallest absolute Gasteiger partial charge is 0.231 e. The Kier molecular flexibility index (Phi) is 4.79. The largest absolute Gasteiger partial charge is 0.360 e. The second-order valence-corrected chi connectivity index (χ2v) is 5.01. The number of nitriles is 2. The second kappa shape index (κ2) is 7.53. The van der Waals surface area contributed by atoms with Gasteiger partial charge in [0.2, 0.25) is 11.7 Å². The maximum atomic E-state index is 8.80. The SMILES string of the molecule is N#CC(C#N)=CNc1ccccc1Cc1nc(-c2cccnc2)no1. The van der Waals surface area contributed by atoms with Crippen molar-refractivity contribution in [3.05, 3.63) is 72.0 Å². The molecule has 25 heavy (non-hydrogen) atoms. The number of benzene rings is 1. The van der Waals surface area contributed by atoms with Crippen molar-refractivity contribution in [3.63, 3.8) is 0 Å². The van der Waals surface area contributed by atoms with Crippen LogP contribution in [0.25, 0.3) is 11.4 Å². The Labute approximate surface area is 143 Å². The van der Waals surface area contributed by atoms with Gasteiger partial charge in [0, 0.05) is 29.8 Å². The summed E-state index contributed by atoms with van der Waals surface area (Å²) in [6, 6.07) is 14.8. The Bertz CT molecular complexity index is 963. The molecule has 0 saturated carbocycles. The Balaban J connectivity index is 1.80. The van der Waals surface area contributed by atoms with Crippen molar-refractivity contribution in [1.29, 1.82) is 10.5 Å². The van der Waals surface area contributed by atoms with Gasteiger partial charge in [-0.2, -0.15) is 15.5 Å². The lowest BCUT2D eigenvalue weighted by Crippen LogP contribution is -1.97. The lowest BCUT2D eigenvalue weighted by molar-refractivity contribution is 0.386. The van der Waals surface area contributed by atoms with Crippen LogP contribution in [0, 0.1) is 22.7 Å². The van der Waals surface area contributed by atoms with Crippen molar-refractivity contribution in [2.75, 3.05) is 5.32 Å². The van der Waals surface area contributed by atoms with Crippen LogP contribution in [0.5, 0.6) is 0 Å². The van der Waals surface area contributed by atoms with E-state index in [9.17, 15) is 0 Å². The van der Waals surface area contributed by atoms with Gasteiger partial charge < -0.3 is 9.84 Å². The maximum Gasteiger partial charge on any atom is 0.231 e. The highest BCUT2D eigenvalue weighted by molar-refractivity contribution is 5.56. The maximum absolute atomic E-state index is 8.80. The van der Waals surface area contributed by atoms with Crippen molar-refractivity contribution in [1.82, 2.24) is 15.1 Å². The molecular weight excluding hydrogens is 316 g/mol. The molecule has 0 aliphatic heterocycles. The van der Waals surface area contributed by atoms with Gasteiger partial charge in [0.05, 0.1) is 6.42 Å². The van der Waals surface area contributed by atoms with E-state index in [1.807, 2.05) is 30.3 Å². The second-order valence-electron chi connectivity index (χ2n) is 5.01. The van der Waals surface area contributed by atoms with E-state index in [-0.39, 0.29) is 5.57 Å². The minimum Gasteiger partial charge on any atom is -0.360 e. The highest BCUT2D eigenvalue weighted by atomic mass is 16.5. The molecule has 1 aromatic carbocycles. The van der Waals surface area contributed by atoms with E-state index in [2.05, 4.69) is 20.4 Å². The molecule has 0 unspecified atom stereocenters. The third kappa shape index (κ3) is 3.87. The van der Waals surface area contributed by atoms with E-state index in [0.717, 1.165) is 16.8 Å². The third-order valence-electron chi connectivity index (χ3n) is 3.36. The molecule has 0 spiro atoms. The monoisotopic (exact) mass is 328 g/mol. The molecule has 0 radical (unpaired) electrons. The molecule has 3 aromatic rings. The van der Waals surface area contributed by atoms with Crippen LogP contribution in [0.3, 0.4) is 0 Å². The fourth-order valence-electron chi connectivity index (χ4n) is 2.16. The lowest BCUT2D eigenvalue weighted by Gasteiger charge is -2.06. The van der Waals surface area contributed by atoms with Gasteiger partial charge in [0.15, 0.2) is 0 Å². The van der Waals surface area contributed by atoms with Gasteiger partial charge in [0.1, 0.15) is 17.7 Å². The van der Waals surface area contributed by atoms with Crippen LogP contribution in [-0.4, -0.2) is 15.1 Å². The summed E-state index contributed by atoms with van der Waals surface area (Å²) < 4.78 is 5.31. The molecule has 0 saturated heterocycles. The zero-order valence-electron chi connectivity index (χ0n) is 13.0. The van der Waals surface area contributed by atoms with Crippen LogP contribution < -0.4 is 5.32 Å². The summed E-state index contributed by atoms with van der Waals surface area (Å²) in [6.07, 6.45) is 5.13. The molecular formula is C18H12N6O. The summed E-state index contributed by atoms with van der Waals surface area (Å²) in [5.41, 5.74) is 2.42. The third-order valence-corrected chi connectivity index (χ3v) is 3.36. The first-order chi connectivity index (χ1) is 12.3. The molecule has 7 heteroatoms. The van der Waals surface area contributed by atoms with Crippen molar-refractivity contribution < 1.29 is 4.52 Å². The van der Waals surface area contributed by atoms with Crippen molar-refractivity contribution in [2.24, 2.45) is 0 Å². The van der Waals surface area contributed by atoms with Crippen LogP contribution in [-0.2, 0) is 6.42 Å². The fraction of sp³-hybridized carbons (Fsp3) is 0.0556. The predicted molar refractivity (Wildman–Crippen MR) is 89.7 cm³/mol. The number of pyridine rings is 1. The highest BCUT2D eigenvalue weighted by Gasteiger charge is 2.11. The Morgan fingerprint density at radius 2 is 2.00 bits per heavy atom. The van der Waals surface area contributed by atoms with Crippen molar-refractivity contribution in [2.45, 2.75) is 6.42 Å². The van der Waals surface area contributed by atoms with Crippen LogP contribution in [0.2, 0.25) is 0 Å². The molecule has 0 aliphatic rings. The summed E-state index contributed by atoms with van der Waals surface area (Å²) in [5.74, 6) is 0.933. The molecule has 2 heterocycles. The molecule has 0 bridgehead atoms. The first-order valence-electron chi connectivity index (χ1n) is 7.38. The predicted octanol–water partition coefficient (Wildman–Crippen LogP) is 3.07. The molecule has 7 nitrogen and oxygen atoms in total. The van der Waals surface area contributed by atoms with E-state index in [1.165, 1.54) is 6.20 Å². The van der Waals surface area contributed by atoms with E-state index in [1.54, 1.807) is 30.6 Å². The minimum atomic E-state index is -0.00791. The van der Waals surface area contributed by atoms with E-state index >= 15 is 0 Å².